The molecule has 0 saturated carbocycles. The highest BCUT2D eigenvalue weighted by molar-refractivity contribution is 7.89. The number of aromatic nitrogens is 4. The maximum absolute atomic E-state index is 13.1. The molecule has 1 amide bonds. The van der Waals surface area contributed by atoms with Gasteiger partial charge in [0.15, 0.2) is 0 Å². The highest BCUT2D eigenvalue weighted by atomic mass is 35.5. The monoisotopic (exact) mass is 470 g/mol. The van der Waals surface area contributed by atoms with Gasteiger partial charge in [-0.1, -0.05) is 23.7 Å². The van der Waals surface area contributed by atoms with Crippen LogP contribution in [0.2, 0.25) is 5.02 Å². The lowest BCUT2D eigenvalue weighted by Crippen LogP contribution is -2.50. The number of H-pyrrole nitrogens is 2. The molecule has 1 fully saturated rings. The van der Waals surface area contributed by atoms with Crippen molar-refractivity contribution in [1.29, 1.82) is 0 Å². The molecule has 0 atom stereocenters. The number of carbonyl (C=O) groups excluding carboxylic acids is 1. The predicted octanol–water partition coefficient (Wildman–Crippen LogP) is 2.75. The molecule has 1 aliphatic rings. The Morgan fingerprint density at radius 1 is 1.06 bits per heavy atom. The summed E-state index contributed by atoms with van der Waals surface area (Å²) in [6, 6.07) is 12.3. The second-order valence-electron chi connectivity index (χ2n) is 7.43. The Labute approximate surface area is 189 Å². The third-order valence-corrected chi connectivity index (χ3v) is 7.66. The molecule has 3 aromatic heterocycles. The van der Waals surface area contributed by atoms with Crippen LogP contribution in [0.15, 0.2) is 59.8 Å². The van der Waals surface area contributed by atoms with Crippen LogP contribution in [0.3, 0.4) is 0 Å². The molecule has 164 valence electrons. The van der Waals surface area contributed by atoms with E-state index >= 15 is 0 Å². The number of hydrogen-bond donors (Lipinski definition) is 2. The molecule has 0 spiro atoms. The number of halogens is 1. The van der Waals surface area contributed by atoms with E-state index in [1.54, 1.807) is 41.4 Å². The van der Waals surface area contributed by atoms with Crippen molar-refractivity contribution in [1.82, 2.24) is 29.4 Å². The van der Waals surface area contributed by atoms with E-state index in [-0.39, 0.29) is 37.0 Å². The van der Waals surface area contributed by atoms with Crippen LogP contribution in [0.1, 0.15) is 10.5 Å². The van der Waals surface area contributed by atoms with Gasteiger partial charge in [-0.05, 0) is 30.3 Å². The fourth-order valence-corrected chi connectivity index (χ4v) is 5.58. The second-order valence-corrected chi connectivity index (χ2v) is 9.77. The molecule has 0 bridgehead atoms. The van der Waals surface area contributed by atoms with Crippen molar-refractivity contribution in [2.45, 2.75) is 4.90 Å². The molecule has 4 heterocycles. The first-order chi connectivity index (χ1) is 15.4. The number of hydrogen-bond acceptors (Lipinski definition) is 5. The van der Waals surface area contributed by atoms with Gasteiger partial charge in [0.05, 0.1) is 5.69 Å². The van der Waals surface area contributed by atoms with Gasteiger partial charge in [0.2, 0.25) is 10.0 Å². The zero-order valence-electron chi connectivity index (χ0n) is 16.8. The van der Waals surface area contributed by atoms with E-state index in [0.717, 1.165) is 5.56 Å². The van der Waals surface area contributed by atoms with Crippen molar-refractivity contribution >= 4 is 38.6 Å². The van der Waals surface area contributed by atoms with Crippen LogP contribution in [0.5, 0.6) is 0 Å². The van der Waals surface area contributed by atoms with Crippen LogP contribution in [-0.4, -0.2) is 69.9 Å². The third kappa shape index (κ3) is 3.66. The number of sulfonamides is 1. The van der Waals surface area contributed by atoms with E-state index in [0.29, 0.717) is 27.4 Å². The maximum Gasteiger partial charge on any atom is 0.271 e. The first kappa shape index (κ1) is 20.7. The highest BCUT2D eigenvalue weighted by Gasteiger charge is 2.32. The van der Waals surface area contributed by atoms with Crippen LogP contribution in [0.4, 0.5) is 0 Å². The van der Waals surface area contributed by atoms with Gasteiger partial charge in [0.25, 0.3) is 5.91 Å². The van der Waals surface area contributed by atoms with Gasteiger partial charge in [0.1, 0.15) is 16.2 Å². The normalized spacial score (nSPS) is 15.3. The molecule has 5 rings (SSSR count). The SMILES string of the molecule is O=C(c1cc(-c2cccc(Cl)c2)n[nH]1)N1CCN(S(=O)(=O)c2c[nH]c3ncccc23)CC1. The molecule has 1 aromatic carbocycles. The summed E-state index contributed by atoms with van der Waals surface area (Å²) >= 11 is 6.03. The molecular weight excluding hydrogens is 452 g/mol. The summed E-state index contributed by atoms with van der Waals surface area (Å²) in [4.78, 5) is 21.8. The number of nitrogens with one attached hydrogen (secondary N) is 2. The summed E-state index contributed by atoms with van der Waals surface area (Å²) in [6.45, 7) is 0.973. The third-order valence-electron chi connectivity index (χ3n) is 5.49. The molecule has 0 aliphatic carbocycles. The first-order valence-electron chi connectivity index (χ1n) is 9.96. The number of pyridine rings is 1. The van der Waals surface area contributed by atoms with Crippen molar-refractivity contribution in [2.24, 2.45) is 0 Å². The number of fused-ring (bicyclic) bond motifs is 1. The molecule has 9 nitrogen and oxygen atoms in total. The summed E-state index contributed by atoms with van der Waals surface area (Å²) in [6.07, 6.45) is 3.07. The Bertz CT molecular complexity index is 1410. The lowest BCUT2D eigenvalue weighted by molar-refractivity contribution is 0.0692. The van der Waals surface area contributed by atoms with Crippen LogP contribution in [0, 0.1) is 0 Å². The second kappa shape index (κ2) is 8.05. The fourth-order valence-electron chi connectivity index (χ4n) is 3.81. The number of piperazine rings is 1. The molecular formula is C21H19ClN6O3S. The Morgan fingerprint density at radius 2 is 1.88 bits per heavy atom. The summed E-state index contributed by atoms with van der Waals surface area (Å²) < 4.78 is 27.7. The lowest BCUT2D eigenvalue weighted by Gasteiger charge is -2.33. The predicted molar refractivity (Wildman–Crippen MR) is 120 cm³/mol. The minimum absolute atomic E-state index is 0.195. The topological polar surface area (TPSA) is 115 Å². The standard InChI is InChI=1S/C21H19ClN6O3S/c22-15-4-1-3-14(11-15)17-12-18(26-25-17)21(29)27-7-9-28(10-8-27)32(30,31)19-13-24-20-16(19)5-2-6-23-20/h1-6,11-13H,7-10H2,(H,23,24)(H,25,26). The molecule has 0 radical (unpaired) electrons. The minimum atomic E-state index is -3.70. The quantitative estimate of drug-likeness (QED) is 0.476. The zero-order chi connectivity index (χ0) is 22.3. The van der Waals surface area contributed by atoms with E-state index in [2.05, 4.69) is 20.2 Å². The first-order valence-corrected chi connectivity index (χ1v) is 11.8. The van der Waals surface area contributed by atoms with Crippen molar-refractivity contribution < 1.29 is 13.2 Å². The fraction of sp³-hybridized carbons (Fsp3) is 0.190. The van der Waals surface area contributed by atoms with Crippen molar-refractivity contribution in [3.05, 3.63) is 65.6 Å². The number of rotatable bonds is 4. The Kier molecular flexibility index (Phi) is 5.20. The van der Waals surface area contributed by atoms with Crippen LogP contribution in [0.25, 0.3) is 22.3 Å². The van der Waals surface area contributed by atoms with Gasteiger partial charge in [-0.25, -0.2) is 13.4 Å². The molecule has 11 heteroatoms. The average Bonchev–Trinajstić information content (AvgIpc) is 3.47. The van der Waals surface area contributed by atoms with Crippen molar-refractivity contribution in [3.63, 3.8) is 0 Å². The summed E-state index contributed by atoms with van der Waals surface area (Å²) in [5, 5.41) is 8.13. The van der Waals surface area contributed by atoms with Gasteiger partial charge in [-0.3, -0.25) is 9.89 Å². The lowest BCUT2D eigenvalue weighted by atomic mass is 10.1. The van der Waals surface area contributed by atoms with Crippen LogP contribution in [-0.2, 0) is 10.0 Å². The summed E-state index contributed by atoms with van der Waals surface area (Å²) in [5.74, 6) is -0.223. The Hall–Kier alpha value is -3.21. The zero-order valence-corrected chi connectivity index (χ0v) is 18.4. The minimum Gasteiger partial charge on any atom is -0.345 e. The molecule has 0 unspecified atom stereocenters. The van der Waals surface area contributed by atoms with Crippen LogP contribution >= 0.6 is 11.6 Å². The van der Waals surface area contributed by atoms with Gasteiger partial charge in [-0.2, -0.15) is 9.40 Å². The number of aromatic amines is 2. The average molecular weight is 471 g/mol. The van der Waals surface area contributed by atoms with E-state index < -0.39 is 10.0 Å². The smallest absolute Gasteiger partial charge is 0.271 e. The van der Waals surface area contributed by atoms with E-state index in [1.807, 2.05) is 12.1 Å². The van der Waals surface area contributed by atoms with Gasteiger partial charge in [0, 0.05) is 54.5 Å². The summed E-state index contributed by atoms with van der Waals surface area (Å²) in [7, 11) is -3.70. The van der Waals surface area contributed by atoms with Gasteiger partial charge < -0.3 is 9.88 Å². The largest absolute Gasteiger partial charge is 0.345 e. The van der Waals surface area contributed by atoms with Gasteiger partial charge >= 0.3 is 0 Å². The maximum atomic E-state index is 13.1. The number of nitrogens with zero attached hydrogens (tertiary/aromatic N) is 4. The van der Waals surface area contributed by atoms with Gasteiger partial charge in [-0.15, -0.1) is 0 Å². The van der Waals surface area contributed by atoms with Crippen LogP contribution < -0.4 is 0 Å². The van der Waals surface area contributed by atoms with Crippen molar-refractivity contribution in [2.75, 3.05) is 26.2 Å². The Balaban J connectivity index is 1.29. The number of carbonyl (C=O) groups is 1. The summed E-state index contributed by atoms with van der Waals surface area (Å²) in [5.41, 5.74) is 2.29. The van der Waals surface area contributed by atoms with Crippen molar-refractivity contribution in [3.8, 4) is 11.3 Å². The van der Waals surface area contributed by atoms with E-state index in [1.165, 1.54) is 10.5 Å². The van der Waals surface area contributed by atoms with E-state index in [4.69, 9.17) is 11.6 Å². The number of benzene rings is 1. The molecule has 4 aromatic rings. The highest BCUT2D eigenvalue weighted by Crippen LogP contribution is 2.26. The molecule has 32 heavy (non-hydrogen) atoms. The Morgan fingerprint density at radius 3 is 2.66 bits per heavy atom. The van der Waals surface area contributed by atoms with E-state index in [9.17, 15) is 13.2 Å². The molecule has 2 N–H and O–H groups in total. The number of amides is 1. The molecule has 1 saturated heterocycles. The molecule has 1 aliphatic heterocycles.